The molecule has 2 atom stereocenters. The van der Waals surface area contributed by atoms with Gasteiger partial charge in [0.25, 0.3) is 0 Å². The number of rotatable bonds is 3. The second-order valence-electron chi connectivity index (χ2n) is 3.98. The molecule has 0 aromatic heterocycles. The van der Waals surface area contributed by atoms with Crippen LogP contribution in [0.1, 0.15) is 32.6 Å². The third-order valence-electron chi connectivity index (χ3n) is 2.86. The van der Waals surface area contributed by atoms with Gasteiger partial charge in [0, 0.05) is 12.1 Å². The molecule has 0 saturated heterocycles. The van der Waals surface area contributed by atoms with Gasteiger partial charge in [-0.25, -0.2) is 0 Å². The van der Waals surface area contributed by atoms with Crippen LogP contribution in [0.3, 0.4) is 0 Å². The van der Waals surface area contributed by atoms with Crippen molar-refractivity contribution in [3.05, 3.63) is 0 Å². The maximum absolute atomic E-state index is 3.57. The Morgan fingerprint density at radius 1 is 1.25 bits per heavy atom. The van der Waals surface area contributed by atoms with E-state index in [0.717, 1.165) is 18.6 Å². The maximum atomic E-state index is 3.57. The van der Waals surface area contributed by atoms with Gasteiger partial charge in [-0.1, -0.05) is 19.8 Å². The van der Waals surface area contributed by atoms with Crippen LogP contribution in [-0.4, -0.2) is 37.6 Å². The average molecular weight is 170 g/mol. The molecule has 0 heterocycles. The van der Waals surface area contributed by atoms with E-state index in [-0.39, 0.29) is 0 Å². The Kier molecular flexibility index (Phi) is 4.02. The van der Waals surface area contributed by atoms with Crippen molar-refractivity contribution in [2.75, 3.05) is 20.6 Å². The van der Waals surface area contributed by atoms with Gasteiger partial charge in [-0.3, -0.25) is 0 Å². The summed E-state index contributed by atoms with van der Waals surface area (Å²) in [4.78, 5) is 2.37. The Morgan fingerprint density at radius 3 is 2.50 bits per heavy atom. The van der Waals surface area contributed by atoms with Gasteiger partial charge in [-0.2, -0.15) is 0 Å². The van der Waals surface area contributed by atoms with E-state index in [9.17, 15) is 0 Å². The zero-order chi connectivity index (χ0) is 8.97. The number of hydrogen-bond acceptors (Lipinski definition) is 2. The third kappa shape index (κ3) is 2.46. The second kappa shape index (κ2) is 4.83. The molecular weight excluding hydrogens is 148 g/mol. The first kappa shape index (κ1) is 10.0. The first-order valence-corrected chi connectivity index (χ1v) is 5.15. The normalized spacial score (nSPS) is 31.0. The van der Waals surface area contributed by atoms with E-state index in [2.05, 4.69) is 31.2 Å². The van der Waals surface area contributed by atoms with E-state index >= 15 is 0 Å². The topological polar surface area (TPSA) is 15.3 Å². The number of nitrogens with zero attached hydrogens (tertiary/aromatic N) is 1. The second-order valence-corrected chi connectivity index (χ2v) is 3.98. The summed E-state index contributed by atoms with van der Waals surface area (Å²) in [5, 5.41) is 3.57. The first-order valence-electron chi connectivity index (χ1n) is 5.15. The molecule has 2 heteroatoms. The number of nitrogens with one attached hydrogen (secondary N) is 1. The Balaban J connectivity index is 2.42. The Hall–Kier alpha value is -0.0800. The molecule has 0 bridgehead atoms. The predicted octanol–water partition coefficient (Wildman–Crippen LogP) is 1.47. The van der Waals surface area contributed by atoms with Gasteiger partial charge >= 0.3 is 0 Å². The van der Waals surface area contributed by atoms with E-state index in [0.29, 0.717) is 0 Å². The quantitative estimate of drug-likeness (QED) is 0.690. The molecule has 1 rings (SSSR count). The molecule has 2 nitrogen and oxygen atoms in total. The minimum Gasteiger partial charge on any atom is -0.313 e. The lowest BCUT2D eigenvalue weighted by atomic mass is 9.89. The molecule has 1 saturated carbocycles. The summed E-state index contributed by atoms with van der Waals surface area (Å²) in [7, 11) is 4.39. The summed E-state index contributed by atoms with van der Waals surface area (Å²) < 4.78 is 0. The van der Waals surface area contributed by atoms with Crippen LogP contribution in [0.4, 0.5) is 0 Å². The van der Waals surface area contributed by atoms with E-state index in [4.69, 9.17) is 0 Å². The maximum Gasteiger partial charge on any atom is 0.0243 e. The van der Waals surface area contributed by atoms with Crippen molar-refractivity contribution in [3.8, 4) is 0 Å². The fourth-order valence-electron chi connectivity index (χ4n) is 2.23. The molecular formula is C10H22N2. The standard InChI is InChI=1S/C10H22N2/c1-4-11-9-7-5-6-8-10(9)12(2)3/h9-11H,4-8H2,1-3H3/t9-,10?/m0/s1. The highest BCUT2D eigenvalue weighted by molar-refractivity contribution is 4.85. The predicted molar refractivity (Wildman–Crippen MR) is 53.4 cm³/mol. The molecule has 0 amide bonds. The highest BCUT2D eigenvalue weighted by Gasteiger charge is 2.25. The minimum absolute atomic E-state index is 0.735. The van der Waals surface area contributed by atoms with E-state index < -0.39 is 0 Å². The summed E-state index contributed by atoms with van der Waals surface area (Å²) in [5.74, 6) is 0. The van der Waals surface area contributed by atoms with Crippen molar-refractivity contribution in [1.29, 1.82) is 0 Å². The van der Waals surface area contributed by atoms with Crippen LogP contribution >= 0.6 is 0 Å². The molecule has 1 fully saturated rings. The van der Waals surface area contributed by atoms with E-state index in [1.54, 1.807) is 0 Å². The summed E-state index contributed by atoms with van der Waals surface area (Å²) in [6, 6.07) is 1.50. The summed E-state index contributed by atoms with van der Waals surface area (Å²) >= 11 is 0. The molecule has 0 spiro atoms. The van der Waals surface area contributed by atoms with Crippen LogP contribution in [-0.2, 0) is 0 Å². The Labute approximate surface area is 76.3 Å². The SMILES string of the molecule is CCN[C@H]1CCCCC1N(C)C. The van der Waals surface area contributed by atoms with Crippen LogP contribution in [0.2, 0.25) is 0 Å². The minimum atomic E-state index is 0.735. The van der Waals surface area contributed by atoms with Crippen LogP contribution < -0.4 is 5.32 Å². The van der Waals surface area contributed by atoms with Crippen LogP contribution in [0.5, 0.6) is 0 Å². The van der Waals surface area contributed by atoms with E-state index in [1.165, 1.54) is 25.7 Å². The molecule has 1 N–H and O–H groups in total. The van der Waals surface area contributed by atoms with Crippen LogP contribution in [0.25, 0.3) is 0 Å². The summed E-state index contributed by atoms with van der Waals surface area (Å²) in [6.45, 7) is 3.30. The highest BCUT2D eigenvalue weighted by Crippen LogP contribution is 2.21. The summed E-state index contributed by atoms with van der Waals surface area (Å²) in [6.07, 6.45) is 5.54. The van der Waals surface area contributed by atoms with Gasteiger partial charge in [0.2, 0.25) is 0 Å². The Bertz CT molecular complexity index is 121. The van der Waals surface area contributed by atoms with Crippen molar-refractivity contribution >= 4 is 0 Å². The molecule has 1 unspecified atom stereocenters. The van der Waals surface area contributed by atoms with Gasteiger partial charge in [0.15, 0.2) is 0 Å². The first-order chi connectivity index (χ1) is 5.75. The number of hydrogen-bond donors (Lipinski definition) is 1. The highest BCUT2D eigenvalue weighted by atomic mass is 15.1. The molecule has 0 aromatic rings. The monoisotopic (exact) mass is 170 g/mol. The van der Waals surface area contributed by atoms with Crippen LogP contribution in [0.15, 0.2) is 0 Å². The fraction of sp³-hybridized carbons (Fsp3) is 1.00. The number of likely N-dealkylation sites (N-methyl/N-ethyl adjacent to an activating group) is 2. The molecule has 0 radical (unpaired) electrons. The van der Waals surface area contributed by atoms with Gasteiger partial charge < -0.3 is 10.2 Å². The molecule has 72 valence electrons. The van der Waals surface area contributed by atoms with Gasteiger partial charge in [0.1, 0.15) is 0 Å². The lowest BCUT2D eigenvalue weighted by Gasteiger charge is -2.36. The molecule has 12 heavy (non-hydrogen) atoms. The zero-order valence-electron chi connectivity index (χ0n) is 8.64. The molecule has 1 aliphatic carbocycles. The lowest BCUT2D eigenvalue weighted by molar-refractivity contribution is 0.178. The smallest absolute Gasteiger partial charge is 0.0243 e. The average Bonchev–Trinajstić information content (AvgIpc) is 2.05. The van der Waals surface area contributed by atoms with Crippen LogP contribution in [0, 0.1) is 0 Å². The van der Waals surface area contributed by atoms with Gasteiger partial charge in [-0.05, 0) is 33.5 Å². The molecule has 0 aliphatic heterocycles. The van der Waals surface area contributed by atoms with Crippen molar-refractivity contribution in [3.63, 3.8) is 0 Å². The van der Waals surface area contributed by atoms with E-state index in [1.807, 2.05) is 0 Å². The summed E-state index contributed by atoms with van der Waals surface area (Å²) in [5.41, 5.74) is 0. The van der Waals surface area contributed by atoms with Crippen molar-refractivity contribution in [1.82, 2.24) is 10.2 Å². The zero-order valence-corrected chi connectivity index (χ0v) is 8.64. The lowest BCUT2D eigenvalue weighted by Crippen LogP contribution is -2.49. The van der Waals surface area contributed by atoms with Crippen molar-refractivity contribution < 1.29 is 0 Å². The molecule has 0 aromatic carbocycles. The van der Waals surface area contributed by atoms with Crippen molar-refractivity contribution in [2.45, 2.75) is 44.7 Å². The third-order valence-corrected chi connectivity index (χ3v) is 2.86. The Morgan fingerprint density at radius 2 is 1.92 bits per heavy atom. The molecule has 1 aliphatic rings. The van der Waals surface area contributed by atoms with Gasteiger partial charge in [0.05, 0.1) is 0 Å². The largest absolute Gasteiger partial charge is 0.313 e. The fourth-order valence-corrected chi connectivity index (χ4v) is 2.23. The van der Waals surface area contributed by atoms with Crippen molar-refractivity contribution in [2.24, 2.45) is 0 Å². The van der Waals surface area contributed by atoms with Gasteiger partial charge in [-0.15, -0.1) is 0 Å².